The number of aromatic nitrogens is 3. The van der Waals surface area contributed by atoms with E-state index < -0.39 is 0 Å². The molecule has 3 rings (SSSR count). The third-order valence-electron chi connectivity index (χ3n) is 5.01. The number of ether oxygens (including phenoxy) is 1. The Morgan fingerprint density at radius 2 is 1.93 bits per heavy atom. The number of halogens is 1. The van der Waals surface area contributed by atoms with Gasteiger partial charge >= 0.3 is 0 Å². The van der Waals surface area contributed by atoms with Gasteiger partial charge in [0.1, 0.15) is 12.4 Å². The zero-order chi connectivity index (χ0) is 20.6. The van der Waals surface area contributed by atoms with Gasteiger partial charge in [0.25, 0.3) is 0 Å². The summed E-state index contributed by atoms with van der Waals surface area (Å²) in [6, 6.07) is 15.0. The van der Waals surface area contributed by atoms with Crippen LogP contribution in [0.3, 0.4) is 0 Å². The average molecular weight is 522 g/mol. The fourth-order valence-electron chi connectivity index (χ4n) is 3.08. The van der Waals surface area contributed by atoms with Crippen LogP contribution in [0.2, 0.25) is 0 Å². The van der Waals surface area contributed by atoms with Gasteiger partial charge in [-0.2, -0.15) is 0 Å². The first-order valence-electron chi connectivity index (χ1n) is 9.96. The second-order valence-electron chi connectivity index (χ2n) is 7.13. The van der Waals surface area contributed by atoms with Crippen LogP contribution >= 0.6 is 24.0 Å². The first-order chi connectivity index (χ1) is 14.1. The van der Waals surface area contributed by atoms with Crippen LogP contribution < -0.4 is 10.6 Å². The molecule has 0 spiro atoms. The van der Waals surface area contributed by atoms with E-state index in [4.69, 9.17) is 9.73 Å². The molecule has 1 unspecified atom stereocenters. The van der Waals surface area contributed by atoms with Gasteiger partial charge < -0.3 is 19.9 Å². The summed E-state index contributed by atoms with van der Waals surface area (Å²) in [5, 5.41) is 17.7. The van der Waals surface area contributed by atoms with E-state index in [0.717, 1.165) is 30.6 Å². The Balaban J connectivity index is 0.00000320. The van der Waals surface area contributed by atoms with Crippen molar-refractivity contribution in [3.63, 3.8) is 0 Å². The first-order valence-corrected chi connectivity index (χ1v) is 9.96. The molecule has 0 aliphatic rings. The Morgan fingerprint density at radius 1 is 1.17 bits per heavy atom. The Kier molecular flexibility index (Phi) is 9.51. The predicted molar refractivity (Wildman–Crippen MR) is 132 cm³/mol. The molecule has 0 aliphatic carbocycles. The van der Waals surface area contributed by atoms with Gasteiger partial charge in [-0.1, -0.05) is 36.4 Å². The molecule has 0 saturated carbocycles. The highest BCUT2D eigenvalue weighted by atomic mass is 127. The average Bonchev–Trinajstić information content (AvgIpc) is 3.06. The number of aliphatic imine (C=N–C) groups is 1. The Bertz CT molecular complexity index is 971. The van der Waals surface area contributed by atoms with E-state index in [1.54, 1.807) is 7.11 Å². The second-order valence-corrected chi connectivity index (χ2v) is 7.13. The summed E-state index contributed by atoms with van der Waals surface area (Å²) in [6.45, 7) is 6.03. The lowest BCUT2D eigenvalue weighted by Crippen LogP contribution is -2.39. The highest BCUT2D eigenvalue weighted by Gasteiger charge is 2.10. The number of fused-ring (bicyclic) bond motifs is 1. The first kappa shape index (κ1) is 24.1. The molecule has 3 aromatic rings. The van der Waals surface area contributed by atoms with Gasteiger partial charge in [-0.3, -0.25) is 0 Å². The fourth-order valence-corrected chi connectivity index (χ4v) is 3.08. The van der Waals surface area contributed by atoms with Crippen LogP contribution in [0.1, 0.15) is 36.6 Å². The molecule has 1 aromatic heterocycles. The normalized spacial score (nSPS) is 12.5. The molecule has 0 saturated heterocycles. The van der Waals surface area contributed by atoms with Gasteiger partial charge in [-0.15, -0.1) is 34.2 Å². The summed E-state index contributed by atoms with van der Waals surface area (Å²) < 4.78 is 7.10. The lowest BCUT2D eigenvalue weighted by Gasteiger charge is -2.19. The standard InChI is InChI=1S/C22H30N6O.HI/c1-16(19-11-10-18-8-5-6-9-20(18)14-19)25-22(23-12-7-13-29-4)24-15-21-27-26-17(2)28(21)3;/h5-6,8-11,14,16H,7,12-13,15H2,1-4H3,(H2,23,24,25);1H. The Labute approximate surface area is 195 Å². The minimum atomic E-state index is 0. The van der Waals surface area contributed by atoms with Crippen LogP contribution in [0.25, 0.3) is 10.8 Å². The van der Waals surface area contributed by atoms with Crippen molar-refractivity contribution >= 4 is 40.7 Å². The van der Waals surface area contributed by atoms with Crippen molar-refractivity contribution < 1.29 is 4.74 Å². The molecule has 1 heterocycles. The fraction of sp³-hybridized carbons (Fsp3) is 0.409. The maximum Gasteiger partial charge on any atom is 0.192 e. The number of guanidine groups is 1. The second kappa shape index (κ2) is 11.8. The Hall–Kier alpha value is -2.20. The summed E-state index contributed by atoms with van der Waals surface area (Å²) in [5.74, 6) is 2.46. The molecule has 30 heavy (non-hydrogen) atoms. The summed E-state index contributed by atoms with van der Waals surface area (Å²) >= 11 is 0. The number of nitrogens with one attached hydrogen (secondary N) is 2. The minimum Gasteiger partial charge on any atom is -0.385 e. The summed E-state index contributed by atoms with van der Waals surface area (Å²) in [5.41, 5.74) is 1.21. The lowest BCUT2D eigenvalue weighted by atomic mass is 10.0. The SMILES string of the molecule is COCCCNC(=NCc1nnc(C)n1C)NC(C)c1ccc2ccccc2c1.I. The number of hydrogen-bond donors (Lipinski definition) is 2. The zero-order valence-corrected chi connectivity index (χ0v) is 20.4. The molecule has 8 heteroatoms. The van der Waals surface area contributed by atoms with Crippen molar-refractivity contribution in [1.29, 1.82) is 0 Å². The van der Waals surface area contributed by atoms with Crippen LogP contribution in [0.4, 0.5) is 0 Å². The highest BCUT2D eigenvalue weighted by Crippen LogP contribution is 2.20. The molecular formula is C22H31IN6O. The third-order valence-corrected chi connectivity index (χ3v) is 5.01. The van der Waals surface area contributed by atoms with E-state index in [0.29, 0.717) is 13.2 Å². The van der Waals surface area contributed by atoms with Gasteiger partial charge in [0.2, 0.25) is 0 Å². The predicted octanol–water partition coefficient (Wildman–Crippen LogP) is 3.73. The molecule has 0 amide bonds. The van der Waals surface area contributed by atoms with Gasteiger partial charge in [-0.25, -0.2) is 4.99 Å². The minimum absolute atomic E-state index is 0. The molecule has 0 aliphatic heterocycles. The maximum atomic E-state index is 5.14. The van der Waals surface area contributed by atoms with E-state index in [1.807, 2.05) is 18.5 Å². The molecule has 2 N–H and O–H groups in total. The van der Waals surface area contributed by atoms with Gasteiger partial charge in [-0.05, 0) is 42.7 Å². The smallest absolute Gasteiger partial charge is 0.192 e. The highest BCUT2D eigenvalue weighted by molar-refractivity contribution is 14.0. The molecule has 2 aromatic carbocycles. The Morgan fingerprint density at radius 3 is 2.63 bits per heavy atom. The summed E-state index contributed by atoms with van der Waals surface area (Å²) in [4.78, 5) is 4.72. The summed E-state index contributed by atoms with van der Waals surface area (Å²) in [6.07, 6.45) is 0.907. The zero-order valence-electron chi connectivity index (χ0n) is 18.1. The van der Waals surface area contributed by atoms with Crippen molar-refractivity contribution in [1.82, 2.24) is 25.4 Å². The van der Waals surface area contributed by atoms with Gasteiger partial charge in [0.15, 0.2) is 11.8 Å². The topological polar surface area (TPSA) is 76.4 Å². The van der Waals surface area contributed by atoms with Crippen molar-refractivity contribution in [2.45, 2.75) is 32.9 Å². The number of aryl methyl sites for hydroxylation is 1. The number of methoxy groups -OCH3 is 1. The molecule has 7 nitrogen and oxygen atoms in total. The summed E-state index contributed by atoms with van der Waals surface area (Å²) in [7, 11) is 3.67. The van der Waals surface area contributed by atoms with Gasteiger partial charge in [0, 0.05) is 27.3 Å². The van der Waals surface area contributed by atoms with Crippen LogP contribution in [0.5, 0.6) is 0 Å². The van der Waals surface area contributed by atoms with E-state index in [1.165, 1.54) is 16.3 Å². The number of hydrogen-bond acceptors (Lipinski definition) is 4. The van der Waals surface area contributed by atoms with E-state index in [2.05, 4.69) is 70.2 Å². The third kappa shape index (κ3) is 6.40. The number of benzene rings is 2. The largest absolute Gasteiger partial charge is 0.385 e. The van der Waals surface area contributed by atoms with Crippen LogP contribution in [0.15, 0.2) is 47.5 Å². The maximum absolute atomic E-state index is 5.14. The van der Waals surface area contributed by atoms with E-state index in [9.17, 15) is 0 Å². The van der Waals surface area contributed by atoms with Crippen LogP contribution in [0, 0.1) is 6.92 Å². The molecule has 0 fully saturated rings. The molecule has 162 valence electrons. The van der Waals surface area contributed by atoms with Crippen molar-refractivity contribution in [3.05, 3.63) is 59.7 Å². The van der Waals surface area contributed by atoms with Crippen LogP contribution in [-0.4, -0.2) is 41.0 Å². The molecule has 1 atom stereocenters. The molecular weight excluding hydrogens is 491 g/mol. The number of nitrogens with zero attached hydrogens (tertiary/aromatic N) is 4. The molecule has 0 bridgehead atoms. The molecule has 0 radical (unpaired) electrons. The van der Waals surface area contributed by atoms with Crippen molar-refractivity contribution in [2.24, 2.45) is 12.0 Å². The monoisotopic (exact) mass is 522 g/mol. The van der Waals surface area contributed by atoms with Crippen molar-refractivity contribution in [2.75, 3.05) is 20.3 Å². The number of rotatable bonds is 8. The van der Waals surface area contributed by atoms with Crippen LogP contribution in [-0.2, 0) is 18.3 Å². The van der Waals surface area contributed by atoms with E-state index >= 15 is 0 Å². The lowest BCUT2D eigenvalue weighted by molar-refractivity contribution is 0.195. The quantitative estimate of drug-likeness (QED) is 0.204. The van der Waals surface area contributed by atoms with Gasteiger partial charge in [0.05, 0.1) is 6.04 Å². The van der Waals surface area contributed by atoms with Crippen molar-refractivity contribution in [3.8, 4) is 0 Å². The van der Waals surface area contributed by atoms with E-state index in [-0.39, 0.29) is 30.0 Å².